The number of aryl methyl sites for hydroxylation is 3. The fourth-order valence-corrected chi connectivity index (χ4v) is 5.25. The summed E-state index contributed by atoms with van der Waals surface area (Å²) in [6.45, 7) is 17.3. The van der Waals surface area contributed by atoms with Crippen LogP contribution in [0.4, 0.5) is 9.59 Å². The molecule has 0 saturated carbocycles. The van der Waals surface area contributed by atoms with Crippen molar-refractivity contribution in [1.82, 2.24) is 24.1 Å². The molecule has 5 aromatic rings. The molecule has 10 heteroatoms. The minimum atomic E-state index is -1.05. The zero-order valence-corrected chi connectivity index (χ0v) is 27.5. The molecule has 45 heavy (non-hydrogen) atoms. The number of imidazole rings is 2. The minimum absolute atomic E-state index is 0.198. The standard InChI is InChI=1S/C35H41N5O5/c1-10-27-38-28-21(2)18-22(3)36-30(28)39(27)20-23-16-17-25-26(19-23)40(32(41)44-34(4,5)6)31(37-25)29(24-14-12-11-13-15-24)43-33(42)45-35(7,8)9/h11-19,29H,10,20H2,1-9H3. The molecule has 0 aliphatic carbocycles. The molecule has 0 spiro atoms. The van der Waals surface area contributed by atoms with Gasteiger partial charge in [-0.2, -0.15) is 0 Å². The number of rotatable bonds is 6. The number of aromatic nitrogens is 5. The van der Waals surface area contributed by atoms with Crippen molar-refractivity contribution in [3.63, 3.8) is 0 Å². The molecule has 3 heterocycles. The van der Waals surface area contributed by atoms with Gasteiger partial charge in [0, 0.05) is 17.7 Å². The lowest BCUT2D eigenvalue weighted by atomic mass is 10.1. The molecule has 5 rings (SSSR count). The highest BCUT2D eigenvalue weighted by Gasteiger charge is 2.32. The van der Waals surface area contributed by atoms with Crippen LogP contribution in [0, 0.1) is 13.8 Å². The summed E-state index contributed by atoms with van der Waals surface area (Å²) < 4.78 is 20.7. The van der Waals surface area contributed by atoms with Gasteiger partial charge in [0.15, 0.2) is 17.6 Å². The number of carbonyl (C=O) groups is 2. The van der Waals surface area contributed by atoms with Gasteiger partial charge in [-0.25, -0.2) is 29.1 Å². The second kappa shape index (κ2) is 12.0. The van der Waals surface area contributed by atoms with Crippen LogP contribution in [-0.2, 0) is 27.2 Å². The lowest BCUT2D eigenvalue weighted by molar-refractivity contribution is -0.0223. The van der Waals surface area contributed by atoms with Gasteiger partial charge in [0.2, 0.25) is 0 Å². The van der Waals surface area contributed by atoms with Gasteiger partial charge in [-0.15, -0.1) is 0 Å². The van der Waals surface area contributed by atoms with Crippen molar-refractivity contribution >= 4 is 34.4 Å². The Hall–Kier alpha value is -4.73. The Morgan fingerprint density at radius 1 is 0.867 bits per heavy atom. The van der Waals surface area contributed by atoms with Crippen LogP contribution in [0.1, 0.15) is 88.6 Å². The average Bonchev–Trinajstić information content (AvgIpc) is 3.48. The maximum absolute atomic E-state index is 13.9. The molecule has 1 atom stereocenters. The van der Waals surface area contributed by atoms with Crippen molar-refractivity contribution in [2.24, 2.45) is 0 Å². The third-order valence-electron chi connectivity index (χ3n) is 7.02. The van der Waals surface area contributed by atoms with E-state index < -0.39 is 29.6 Å². The summed E-state index contributed by atoms with van der Waals surface area (Å²) in [6, 6.07) is 16.9. The van der Waals surface area contributed by atoms with E-state index in [4.69, 9.17) is 29.2 Å². The maximum Gasteiger partial charge on any atom is 0.509 e. The van der Waals surface area contributed by atoms with Gasteiger partial charge in [0.25, 0.3) is 0 Å². The zero-order valence-electron chi connectivity index (χ0n) is 27.5. The van der Waals surface area contributed by atoms with Crippen molar-refractivity contribution in [2.75, 3.05) is 0 Å². The first-order chi connectivity index (χ1) is 21.1. The first kappa shape index (κ1) is 31.7. The molecule has 10 nitrogen and oxygen atoms in total. The Morgan fingerprint density at radius 2 is 1.56 bits per heavy atom. The van der Waals surface area contributed by atoms with Crippen molar-refractivity contribution < 1.29 is 23.8 Å². The Balaban J connectivity index is 1.67. The van der Waals surface area contributed by atoms with E-state index in [9.17, 15) is 9.59 Å². The summed E-state index contributed by atoms with van der Waals surface area (Å²) >= 11 is 0. The topological polar surface area (TPSA) is 110 Å². The summed E-state index contributed by atoms with van der Waals surface area (Å²) in [6.07, 6.45) is -1.83. The lowest BCUT2D eigenvalue weighted by Gasteiger charge is -2.24. The van der Waals surface area contributed by atoms with Crippen molar-refractivity contribution in [2.45, 2.75) is 92.6 Å². The van der Waals surface area contributed by atoms with E-state index in [2.05, 4.69) is 11.5 Å². The number of benzene rings is 2. The van der Waals surface area contributed by atoms with Crippen molar-refractivity contribution in [1.29, 1.82) is 0 Å². The van der Waals surface area contributed by atoms with E-state index in [-0.39, 0.29) is 5.82 Å². The number of fused-ring (bicyclic) bond motifs is 2. The quantitative estimate of drug-likeness (QED) is 0.179. The van der Waals surface area contributed by atoms with Crippen LogP contribution in [0.25, 0.3) is 22.2 Å². The molecular formula is C35H41N5O5. The van der Waals surface area contributed by atoms with Crippen LogP contribution in [-0.4, -0.2) is 47.5 Å². The zero-order chi connectivity index (χ0) is 32.7. The molecule has 236 valence electrons. The van der Waals surface area contributed by atoms with E-state index in [1.807, 2.05) is 68.4 Å². The number of ether oxygens (including phenoxy) is 3. The van der Waals surface area contributed by atoms with Crippen LogP contribution in [0.5, 0.6) is 0 Å². The highest BCUT2D eigenvalue weighted by atomic mass is 16.7. The summed E-state index contributed by atoms with van der Waals surface area (Å²) in [5.41, 5.74) is 4.73. The van der Waals surface area contributed by atoms with Gasteiger partial charge < -0.3 is 18.8 Å². The highest BCUT2D eigenvalue weighted by molar-refractivity contribution is 5.88. The van der Waals surface area contributed by atoms with E-state index in [1.165, 1.54) is 4.57 Å². The van der Waals surface area contributed by atoms with Crippen LogP contribution >= 0.6 is 0 Å². The van der Waals surface area contributed by atoms with Crippen LogP contribution < -0.4 is 0 Å². The van der Waals surface area contributed by atoms with Crippen LogP contribution in [0.2, 0.25) is 0 Å². The Labute approximate surface area is 263 Å². The molecule has 0 radical (unpaired) electrons. The second-order valence-electron chi connectivity index (χ2n) is 13.2. The number of pyridine rings is 1. The first-order valence-corrected chi connectivity index (χ1v) is 15.2. The summed E-state index contributed by atoms with van der Waals surface area (Å²) in [5, 5.41) is 0. The number of hydrogen-bond donors (Lipinski definition) is 0. The van der Waals surface area contributed by atoms with Gasteiger partial charge in [-0.1, -0.05) is 43.3 Å². The fourth-order valence-electron chi connectivity index (χ4n) is 5.25. The normalized spacial score (nSPS) is 12.8. The van der Waals surface area contributed by atoms with Gasteiger partial charge in [0.05, 0.1) is 17.6 Å². The van der Waals surface area contributed by atoms with E-state index >= 15 is 0 Å². The van der Waals surface area contributed by atoms with Crippen molar-refractivity contribution in [3.05, 3.63) is 88.6 Å². The van der Waals surface area contributed by atoms with E-state index in [0.717, 1.165) is 40.2 Å². The summed E-state index contributed by atoms with van der Waals surface area (Å²) in [7, 11) is 0. The largest absolute Gasteiger partial charge is 0.509 e. The molecule has 0 aliphatic rings. The Bertz CT molecular complexity index is 1880. The summed E-state index contributed by atoms with van der Waals surface area (Å²) in [5.74, 6) is 1.12. The Morgan fingerprint density at radius 3 is 2.20 bits per heavy atom. The fraction of sp³-hybridized carbons (Fsp3) is 0.400. The van der Waals surface area contributed by atoms with Gasteiger partial charge >= 0.3 is 12.2 Å². The number of hydrogen-bond acceptors (Lipinski definition) is 8. The maximum atomic E-state index is 13.9. The third kappa shape index (κ3) is 7.00. The minimum Gasteiger partial charge on any atom is -0.443 e. The van der Waals surface area contributed by atoms with Gasteiger partial charge in [0.1, 0.15) is 22.5 Å². The molecule has 0 amide bonds. The predicted molar refractivity (Wildman–Crippen MR) is 172 cm³/mol. The Kier molecular flexibility index (Phi) is 8.44. The average molecular weight is 612 g/mol. The molecule has 0 bridgehead atoms. The van der Waals surface area contributed by atoms with Gasteiger partial charge in [-0.05, 0) is 84.7 Å². The molecule has 0 aliphatic heterocycles. The van der Waals surface area contributed by atoms with Crippen molar-refractivity contribution in [3.8, 4) is 0 Å². The second-order valence-corrected chi connectivity index (χ2v) is 13.2. The monoisotopic (exact) mass is 611 g/mol. The molecule has 0 fully saturated rings. The summed E-state index contributed by atoms with van der Waals surface area (Å²) in [4.78, 5) is 41.4. The number of nitrogens with zero attached hydrogens (tertiary/aromatic N) is 5. The predicted octanol–water partition coefficient (Wildman–Crippen LogP) is 7.83. The van der Waals surface area contributed by atoms with E-state index in [1.54, 1.807) is 41.5 Å². The molecule has 0 N–H and O–H groups in total. The first-order valence-electron chi connectivity index (χ1n) is 15.2. The molecular weight excluding hydrogens is 570 g/mol. The highest BCUT2D eigenvalue weighted by Crippen LogP contribution is 2.32. The van der Waals surface area contributed by atoms with Crippen LogP contribution in [0.15, 0.2) is 54.6 Å². The number of carbonyl (C=O) groups excluding carboxylic acids is 2. The lowest BCUT2D eigenvalue weighted by Crippen LogP contribution is -2.30. The molecule has 1 unspecified atom stereocenters. The SMILES string of the molecule is CCc1nc2c(C)cc(C)nc2n1Cc1ccc2nc(C(OC(=O)OC(C)(C)C)c3ccccc3)n(C(=O)OC(C)(C)C)c2c1. The molecule has 3 aromatic heterocycles. The smallest absolute Gasteiger partial charge is 0.443 e. The van der Waals surface area contributed by atoms with Crippen LogP contribution in [0.3, 0.4) is 0 Å². The van der Waals surface area contributed by atoms with Gasteiger partial charge in [-0.3, -0.25) is 0 Å². The molecule has 2 aromatic carbocycles. The molecule has 0 saturated heterocycles. The third-order valence-corrected chi connectivity index (χ3v) is 7.02. The van der Waals surface area contributed by atoms with E-state index in [0.29, 0.717) is 23.1 Å².